The van der Waals surface area contributed by atoms with Crippen LogP contribution in [0.5, 0.6) is 0 Å². The first-order valence-electron chi connectivity index (χ1n) is 10.4. The van der Waals surface area contributed by atoms with Crippen molar-refractivity contribution in [2.45, 2.75) is 25.5 Å². The molecule has 0 aliphatic carbocycles. The van der Waals surface area contributed by atoms with E-state index in [4.69, 9.17) is 4.74 Å². The summed E-state index contributed by atoms with van der Waals surface area (Å²) in [4.78, 5) is 39.6. The zero-order valence-corrected chi connectivity index (χ0v) is 17.7. The smallest absolute Gasteiger partial charge is 0.355 e. The van der Waals surface area contributed by atoms with E-state index in [1.54, 1.807) is 43.3 Å². The number of anilines is 1. The Bertz CT molecular complexity index is 1110. The van der Waals surface area contributed by atoms with Gasteiger partial charge in [-0.1, -0.05) is 43.0 Å². The number of amides is 2. The molecule has 4 rings (SSSR count). The van der Waals surface area contributed by atoms with Gasteiger partial charge in [0.2, 0.25) is 5.91 Å². The molecule has 0 aromatic heterocycles. The van der Waals surface area contributed by atoms with Crippen LogP contribution in [0, 0.1) is 5.92 Å². The summed E-state index contributed by atoms with van der Waals surface area (Å²) < 4.78 is 5.23. The molecule has 1 saturated heterocycles. The average molecular weight is 432 g/mol. The molecular weight excluding hydrogens is 408 g/mol. The van der Waals surface area contributed by atoms with Crippen LogP contribution >= 0.6 is 0 Å². The van der Waals surface area contributed by atoms with Crippen LogP contribution in [-0.4, -0.2) is 46.5 Å². The standard InChI is InChI=1S/C25H24N2O5/c1-3-12-32-25(31)22-19(14-20-21(15(2)28)24(30)27(20)22)16-8-7-9-17(13-16)23(29)26-18-10-5-4-6-11-18/h3-11,13,15,20-21,28H,1,12,14H2,2H3,(H,26,29). The van der Waals surface area contributed by atoms with Gasteiger partial charge >= 0.3 is 5.97 Å². The number of rotatable bonds is 7. The van der Waals surface area contributed by atoms with E-state index in [2.05, 4.69) is 11.9 Å². The SMILES string of the molecule is C=CCOC(=O)C1=C(c2cccc(C(=O)Nc3ccccc3)c2)CC2C(C(C)O)C(=O)N12. The summed E-state index contributed by atoms with van der Waals surface area (Å²) in [5, 5.41) is 12.9. The Morgan fingerprint density at radius 2 is 2.00 bits per heavy atom. The number of fused-ring (bicyclic) bond motifs is 1. The number of aliphatic hydroxyl groups is 1. The zero-order valence-electron chi connectivity index (χ0n) is 17.7. The Balaban J connectivity index is 1.67. The third-order valence-corrected chi connectivity index (χ3v) is 5.76. The van der Waals surface area contributed by atoms with Gasteiger partial charge in [-0.25, -0.2) is 4.79 Å². The van der Waals surface area contributed by atoms with Gasteiger partial charge in [-0.3, -0.25) is 9.59 Å². The molecule has 3 unspecified atom stereocenters. The number of hydrogen-bond donors (Lipinski definition) is 2. The fourth-order valence-corrected chi connectivity index (χ4v) is 4.29. The number of carbonyl (C=O) groups is 3. The Kier molecular flexibility index (Phi) is 5.92. The topological polar surface area (TPSA) is 95.9 Å². The van der Waals surface area contributed by atoms with Crippen molar-refractivity contribution < 1.29 is 24.2 Å². The summed E-state index contributed by atoms with van der Waals surface area (Å²) in [7, 11) is 0. The normalized spacial score (nSPS) is 20.3. The number of esters is 1. The van der Waals surface area contributed by atoms with Gasteiger partial charge in [0, 0.05) is 11.3 Å². The summed E-state index contributed by atoms with van der Waals surface area (Å²) in [6.07, 6.45) is 1.02. The van der Waals surface area contributed by atoms with Gasteiger partial charge in [0.1, 0.15) is 12.3 Å². The fraction of sp³-hybridized carbons (Fsp3) is 0.240. The maximum Gasteiger partial charge on any atom is 0.355 e. The van der Waals surface area contributed by atoms with Crippen molar-refractivity contribution in [3.63, 3.8) is 0 Å². The van der Waals surface area contributed by atoms with Gasteiger partial charge in [-0.05, 0) is 48.7 Å². The van der Waals surface area contributed by atoms with Crippen molar-refractivity contribution in [2.75, 3.05) is 11.9 Å². The maximum atomic E-state index is 12.8. The molecule has 0 spiro atoms. The van der Waals surface area contributed by atoms with Gasteiger partial charge < -0.3 is 20.1 Å². The number of hydrogen-bond acceptors (Lipinski definition) is 5. The van der Waals surface area contributed by atoms with Crippen LogP contribution in [0.1, 0.15) is 29.3 Å². The molecule has 1 fully saturated rings. The minimum absolute atomic E-state index is 0.0155. The summed E-state index contributed by atoms with van der Waals surface area (Å²) >= 11 is 0. The van der Waals surface area contributed by atoms with E-state index in [9.17, 15) is 19.5 Å². The largest absolute Gasteiger partial charge is 0.457 e. The number of nitrogens with one attached hydrogen (secondary N) is 1. The highest BCUT2D eigenvalue weighted by atomic mass is 16.5. The molecular formula is C25H24N2O5. The molecule has 7 nitrogen and oxygen atoms in total. The molecule has 2 aliphatic heterocycles. The molecule has 2 amide bonds. The van der Waals surface area contributed by atoms with Crippen molar-refractivity contribution in [1.29, 1.82) is 0 Å². The molecule has 2 N–H and O–H groups in total. The Morgan fingerprint density at radius 3 is 2.69 bits per heavy atom. The average Bonchev–Trinajstić information content (AvgIpc) is 3.13. The minimum atomic E-state index is -0.823. The molecule has 7 heteroatoms. The molecule has 32 heavy (non-hydrogen) atoms. The number of nitrogens with zero attached hydrogens (tertiary/aromatic N) is 1. The van der Waals surface area contributed by atoms with Crippen LogP contribution in [0.3, 0.4) is 0 Å². The molecule has 2 heterocycles. The van der Waals surface area contributed by atoms with E-state index < -0.39 is 18.0 Å². The highest BCUT2D eigenvalue weighted by Gasteiger charge is 2.57. The zero-order chi connectivity index (χ0) is 22.8. The number of aliphatic hydroxyl groups excluding tert-OH is 1. The first-order chi connectivity index (χ1) is 15.4. The van der Waals surface area contributed by atoms with Crippen molar-refractivity contribution in [1.82, 2.24) is 4.90 Å². The highest BCUT2D eigenvalue weighted by Crippen LogP contribution is 2.47. The van der Waals surface area contributed by atoms with Crippen LogP contribution in [-0.2, 0) is 14.3 Å². The second-order valence-electron chi connectivity index (χ2n) is 7.86. The molecule has 0 saturated carbocycles. The lowest BCUT2D eigenvalue weighted by atomic mass is 9.82. The third kappa shape index (κ3) is 3.83. The van der Waals surface area contributed by atoms with Crippen LogP contribution in [0.25, 0.3) is 5.57 Å². The number of benzene rings is 2. The maximum absolute atomic E-state index is 12.8. The fourth-order valence-electron chi connectivity index (χ4n) is 4.29. The first kappa shape index (κ1) is 21.5. The highest BCUT2D eigenvalue weighted by molar-refractivity contribution is 6.08. The van der Waals surface area contributed by atoms with Crippen molar-refractivity contribution >= 4 is 29.0 Å². The van der Waals surface area contributed by atoms with Crippen LogP contribution in [0.2, 0.25) is 0 Å². The van der Waals surface area contributed by atoms with Gasteiger partial charge in [0.05, 0.1) is 18.1 Å². The van der Waals surface area contributed by atoms with Crippen molar-refractivity contribution in [3.8, 4) is 0 Å². The second kappa shape index (κ2) is 8.80. The number of ether oxygens (including phenoxy) is 1. The van der Waals surface area contributed by atoms with Gasteiger partial charge in [-0.2, -0.15) is 0 Å². The number of carbonyl (C=O) groups excluding carboxylic acids is 3. The van der Waals surface area contributed by atoms with Gasteiger partial charge in [-0.15, -0.1) is 0 Å². The van der Waals surface area contributed by atoms with Crippen molar-refractivity contribution in [3.05, 3.63) is 84.1 Å². The minimum Gasteiger partial charge on any atom is -0.457 e. The lowest BCUT2D eigenvalue weighted by Gasteiger charge is -2.44. The molecule has 164 valence electrons. The van der Waals surface area contributed by atoms with E-state index in [1.165, 1.54) is 11.0 Å². The lowest BCUT2D eigenvalue weighted by molar-refractivity contribution is -0.162. The summed E-state index contributed by atoms with van der Waals surface area (Å²) in [5.74, 6) is -1.78. The predicted molar refractivity (Wildman–Crippen MR) is 119 cm³/mol. The lowest BCUT2D eigenvalue weighted by Crippen LogP contribution is -2.61. The van der Waals surface area contributed by atoms with Gasteiger partial charge in [0.15, 0.2) is 0 Å². The van der Waals surface area contributed by atoms with Crippen molar-refractivity contribution in [2.24, 2.45) is 5.92 Å². The van der Waals surface area contributed by atoms with Crippen LogP contribution in [0.4, 0.5) is 5.69 Å². The van der Waals surface area contributed by atoms with E-state index in [0.717, 1.165) is 0 Å². The van der Waals surface area contributed by atoms with Crippen LogP contribution < -0.4 is 5.32 Å². The Hall–Kier alpha value is -3.71. The first-order valence-corrected chi connectivity index (χ1v) is 10.4. The molecule has 2 aromatic rings. The van der Waals surface area contributed by atoms with Gasteiger partial charge in [0.25, 0.3) is 5.91 Å². The Labute approximate surface area is 186 Å². The summed E-state index contributed by atoms with van der Waals surface area (Å²) in [6.45, 7) is 5.14. The predicted octanol–water partition coefficient (Wildman–Crippen LogP) is 2.99. The molecule has 0 bridgehead atoms. The number of β-lactam (4-membered cyclic amide) rings is 1. The second-order valence-corrected chi connectivity index (χ2v) is 7.86. The molecule has 3 atom stereocenters. The summed E-state index contributed by atoms with van der Waals surface area (Å²) in [6, 6.07) is 15.7. The third-order valence-electron chi connectivity index (χ3n) is 5.76. The number of para-hydroxylation sites is 1. The Morgan fingerprint density at radius 1 is 1.25 bits per heavy atom. The molecule has 2 aliphatic rings. The monoisotopic (exact) mass is 432 g/mol. The van der Waals surface area contributed by atoms with E-state index in [0.29, 0.717) is 28.8 Å². The summed E-state index contributed by atoms with van der Waals surface area (Å²) in [5.41, 5.74) is 2.54. The molecule has 2 aromatic carbocycles. The van der Waals surface area contributed by atoms with Crippen LogP contribution in [0.15, 0.2) is 72.9 Å². The molecule has 0 radical (unpaired) electrons. The van der Waals surface area contributed by atoms with E-state index >= 15 is 0 Å². The van der Waals surface area contributed by atoms with E-state index in [-0.39, 0.29) is 30.2 Å². The quantitative estimate of drug-likeness (QED) is 0.398. The van der Waals surface area contributed by atoms with E-state index in [1.807, 2.05) is 18.2 Å².